The fourth-order valence-corrected chi connectivity index (χ4v) is 3.34. The molecule has 1 N–H and O–H groups in total. The van der Waals surface area contributed by atoms with E-state index in [2.05, 4.69) is 20.7 Å². The minimum absolute atomic E-state index is 0.0558. The van der Waals surface area contributed by atoms with Crippen LogP contribution < -0.4 is 9.46 Å². The van der Waals surface area contributed by atoms with Crippen LogP contribution in [0.3, 0.4) is 0 Å². The summed E-state index contributed by atoms with van der Waals surface area (Å²) in [6, 6.07) is 3.25. The third kappa shape index (κ3) is 4.04. The molecule has 0 saturated carbocycles. The fraction of sp³-hybridized carbons (Fsp3) is 0.400. The number of benzene rings is 1. The molecule has 1 aromatic carbocycles. The summed E-state index contributed by atoms with van der Waals surface area (Å²) in [7, 11) is -1.92. The van der Waals surface area contributed by atoms with Crippen LogP contribution in [0.2, 0.25) is 5.02 Å². The highest BCUT2D eigenvalue weighted by Crippen LogP contribution is 2.36. The van der Waals surface area contributed by atoms with E-state index in [9.17, 15) is 8.42 Å². The number of hydrogen-bond donors (Lipinski definition) is 1. The average molecular weight is 343 g/mol. The van der Waals surface area contributed by atoms with Gasteiger partial charge in [-0.25, -0.2) is 8.42 Å². The summed E-state index contributed by atoms with van der Waals surface area (Å²) in [6.45, 7) is 1.80. The van der Waals surface area contributed by atoms with E-state index < -0.39 is 10.0 Å². The lowest BCUT2D eigenvalue weighted by molar-refractivity contribution is 0.417. The molecule has 0 amide bonds. The van der Waals surface area contributed by atoms with Crippen LogP contribution in [0.4, 0.5) is 5.69 Å². The van der Waals surface area contributed by atoms with Gasteiger partial charge >= 0.3 is 0 Å². The van der Waals surface area contributed by atoms with E-state index in [0.29, 0.717) is 27.4 Å². The van der Waals surface area contributed by atoms with E-state index in [1.807, 2.05) is 0 Å². The van der Waals surface area contributed by atoms with Gasteiger partial charge in [0.25, 0.3) is 0 Å². The molecule has 1 aromatic rings. The van der Waals surface area contributed by atoms with Gasteiger partial charge in [0.05, 0.1) is 23.6 Å². The summed E-state index contributed by atoms with van der Waals surface area (Å²) in [5.41, 5.74) is 0.334. The molecule has 0 radical (unpaired) electrons. The second-order valence-corrected chi connectivity index (χ2v) is 6.55. The molecule has 1 rings (SSSR count). The van der Waals surface area contributed by atoms with Gasteiger partial charge in [0.2, 0.25) is 10.0 Å². The fourth-order valence-electron chi connectivity index (χ4n) is 1.33. The summed E-state index contributed by atoms with van der Waals surface area (Å²) in [5, 5.41) is 0.344. The van der Waals surface area contributed by atoms with Crippen molar-refractivity contribution in [3.63, 3.8) is 0 Å². The van der Waals surface area contributed by atoms with Crippen LogP contribution in [0.5, 0.6) is 5.75 Å². The van der Waals surface area contributed by atoms with Crippen molar-refractivity contribution in [2.75, 3.05) is 17.6 Å². The second-order valence-electron chi connectivity index (χ2n) is 3.39. The van der Waals surface area contributed by atoms with Crippen molar-refractivity contribution in [3.05, 3.63) is 21.6 Å². The zero-order chi connectivity index (χ0) is 13.1. The summed E-state index contributed by atoms with van der Waals surface area (Å²) >= 11 is 9.20. The lowest BCUT2D eigenvalue weighted by Crippen LogP contribution is -2.16. The second kappa shape index (κ2) is 5.93. The maximum Gasteiger partial charge on any atom is 0.232 e. The Kier molecular flexibility index (Phi) is 5.09. The largest absolute Gasteiger partial charge is 0.493 e. The molecule has 0 bridgehead atoms. The number of sulfonamides is 1. The van der Waals surface area contributed by atoms with Gasteiger partial charge < -0.3 is 4.74 Å². The predicted octanol–water partition coefficient (Wildman–Crippen LogP) is 3.26. The molecule has 0 heterocycles. The highest BCUT2D eigenvalue weighted by molar-refractivity contribution is 9.10. The molecule has 0 aliphatic rings. The van der Waals surface area contributed by atoms with Crippen LogP contribution in [0, 0.1) is 0 Å². The molecular weight excluding hydrogens is 330 g/mol. The molecule has 0 aliphatic heterocycles. The molecule has 0 fully saturated rings. The van der Waals surface area contributed by atoms with E-state index >= 15 is 0 Å². The molecule has 4 nitrogen and oxygen atoms in total. The molecule has 0 unspecified atom stereocenters. The first-order valence-corrected chi connectivity index (χ1v) is 7.75. The van der Waals surface area contributed by atoms with Crippen molar-refractivity contribution in [1.82, 2.24) is 0 Å². The lowest BCUT2D eigenvalue weighted by atomic mass is 10.3. The molecule has 17 heavy (non-hydrogen) atoms. The van der Waals surface area contributed by atoms with Gasteiger partial charge in [-0.2, -0.15) is 0 Å². The van der Waals surface area contributed by atoms with Gasteiger partial charge in [-0.3, -0.25) is 4.72 Å². The lowest BCUT2D eigenvalue weighted by Gasteiger charge is -2.13. The maximum absolute atomic E-state index is 11.7. The van der Waals surface area contributed by atoms with E-state index in [1.165, 1.54) is 7.11 Å². The molecule has 0 saturated heterocycles. The first kappa shape index (κ1) is 14.6. The van der Waals surface area contributed by atoms with Crippen molar-refractivity contribution < 1.29 is 13.2 Å². The third-order valence-corrected chi connectivity index (χ3v) is 4.17. The number of methoxy groups -OCH3 is 1. The summed E-state index contributed by atoms with van der Waals surface area (Å²) in [5.74, 6) is 0.370. The number of halogens is 2. The standard InChI is InChI=1S/C10H13BrClNO3S/c1-3-4-17(14,15)13-9-6-7(11)5-8(12)10(9)16-2/h5-6,13H,3-4H2,1-2H3. The number of hydrogen-bond acceptors (Lipinski definition) is 3. The molecule has 0 aromatic heterocycles. The third-order valence-electron chi connectivity index (χ3n) is 1.95. The molecule has 0 atom stereocenters. The highest BCUT2D eigenvalue weighted by Gasteiger charge is 2.15. The molecule has 0 spiro atoms. The van der Waals surface area contributed by atoms with Gasteiger partial charge in [-0.05, 0) is 18.6 Å². The number of nitrogens with one attached hydrogen (secondary N) is 1. The summed E-state index contributed by atoms with van der Waals surface area (Å²) in [4.78, 5) is 0. The van der Waals surface area contributed by atoms with Gasteiger partial charge in [0.15, 0.2) is 5.75 Å². The first-order chi connectivity index (χ1) is 7.89. The summed E-state index contributed by atoms with van der Waals surface area (Å²) < 4.78 is 31.5. The van der Waals surface area contributed by atoms with Crippen LogP contribution in [-0.4, -0.2) is 21.3 Å². The average Bonchev–Trinajstić information content (AvgIpc) is 2.15. The maximum atomic E-state index is 11.7. The number of ether oxygens (including phenoxy) is 1. The normalized spacial score (nSPS) is 11.3. The minimum Gasteiger partial charge on any atom is -0.493 e. The van der Waals surface area contributed by atoms with Gasteiger partial charge in [-0.1, -0.05) is 34.5 Å². The molecular formula is C10H13BrClNO3S. The molecule has 0 aliphatic carbocycles. The van der Waals surface area contributed by atoms with Crippen LogP contribution in [0.1, 0.15) is 13.3 Å². The van der Waals surface area contributed by atoms with Crippen molar-refractivity contribution in [1.29, 1.82) is 0 Å². The Morgan fingerprint density at radius 2 is 2.12 bits per heavy atom. The number of rotatable bonds is 5. The van der Waals surface area contributed by atoms with Crippen LogP contribution in [0.15, 0.2) is 16.6 Å². The Bertz CT molecular complexity index is 505. The van der Waals surface area contributed by atoms with Crippen LogP contribution in [0.25, 0.3) is 0 Å². The van der Waals surface area contributed by atoms with Gasteiger partial charge in [0, 0.05) is 4.47 Å². The van der Waals surface area contributed by atoms with Crippen LogP contribution >= 0.6 is 27.5 Å². The Labute approximate surface area is 114 Å². The minimum atomic E-state index is -3.36. The van der Waals surface area contributed by atoms with Gasteiger partial charge in [0.1, 0.15) is 0 Å². The highest BCUT2D eigenvalue weighted by atomic mass is 79.9. The Morgan fingerprint density at radius 3 is 2.65 bits per heavy atom. The topological polar surface area (TPSA) is 55.4 Å². The molecule has 96 valence electrons. The summed E-state index contributed by atoms with van der Waals surface area (Å²) in [6.07, 6.45) is 0.541. The Balaban J connectivity index is 3.14. The zero-order valence-corrected chi connectivity index (χ0v) is 12.6. The quantitative estimate of drug-likeness (QED) is 0.893. The van der Waals surface area contributed by atoms with Crippen molar-refractivity contribution in [2.24, 2.45) is 0 Å². The smallest absolute Gasteiger partial charge is 0.232 e. The monoisotopic (exact) mass is 341 g/mol. The zero-order valence-electron chi connectivity index (χ0n) is 9.46. The van der Waals surface area contributed by atoms with E-state index in [4.69, 9.17) is 16.3 Å². The predicted molar refractivity (Wildman–Crippen MR) is 73.4 cm³/mol. The van der Waals surface area contributed by atoms with Crippen molar-refractivity contribution >= 4 is 43.2 Å². The van der Waals surface area contributed by atoms with E-state index in [0.717, 1.165) is 0 Å². The van der Waals surface area contributed by atoms with Gasteiger partial charge in [-0.15, -0.1) is 0 Å². The Morgan fingerprint density at radius 1 is 1.47 bits per heavy atom. The van der Waals surface area contributed by atoms with E-state index in [1.54, 1.807) is 19.1 Å². The first-order valence-electron chi connectivity index (χ1n) is 4.93. The van der Waals surface area contributed by atoms with Crippen LogP contribution in [-0.2, 0) is 10.0 Å². The SMILES string of the molecule is CCCS(=O)(=O)Nc1cc(Br)cc(Cl)c1OC. The van der Waals surface area contributed by atoms with Crippen molar-refractivity contribution in [3.8, 4) is 5.75 Å². The number of anilines is 1. The molecule has 7 heteroatoms. The Hall–Kier alpha value is -0.460. The van der Waals surface area contributed by atoms with E-state index in [-0.39, 0.29) is 5.75 Å². The van der Waals surface area contributed by atoms with Crippen molar-refractivity contribution in [2.45, 2.75) is 13.3 Å².